The normalized spacial score (nSPS) is 12.1. The molecule has 1 aromatic carbocycles. The van der Waals surface area contributed by atoms with Gasteiger partial charge in [-0.1, -0.05) is 75.8 Å². The highest BCUT2D eigenvalue weighted by Gasteiger charge is 2.09. The SMILES string of the molecule is CCCCCCCC[C@H](O)CCC(=O)OCc1ccccc1. The summed E-state index contributed by atoms with van der Waals surface area (Å²) in [7, 11) is 0. The molecule has 0 aliphatic heterocycles. The molecule has 0 radical (unpaired) electrons. The number of carbonyl (C=O) groups excluding carboxylic acids is 1. The van der Waals surface area contributed by atoms with Gasteiger partial charge in [-0.15, -0.1) is 0 Å². The lowest BCUT2D eigenvalue weighted by atomic mass is 10.0. The minimum Gasteiger partial charge on any atom is -0.461 e. The Balaban J connectivity index is 2.01. The fourth-order valence-electron chi connectivity index (χ4n) is 2.40. The van der Waals surface area contributed by atoms with E-state index in [9.17, 15) is 9.90 Å². The lowest BCUT2D eigenvalue weighted by Crippen LogP contribution is -2.11. The molecule has 0 aliphatic carbocycles. The van der Waals surface area contributed by atoms with E-state index < -0.39 is 0 Å². The summed E-state index contributed by atoms with van der Waals surface area (Å²) in [5.41, 5.74) is 0.989. The van der Waals surface area contributed by atoms with Gasteiger partial charge in [-0.05, 0) is 18.4 Å². The predicted molar refractivity (Wildman–Crippen MR) is 89.5 cm³/mol. The molecule has 1 rings (SSSR count). The van der Waals surface area contributed by atoms with Gasteiger partial charge in [0.05, 0.1) is 6.10 Å². The quantitative estimate of drug-likeness (QED) is 0.452. The Morgan fingerprint density at radius 3 is 2.45 bits per heavy atom. The molecule has 0 unspecified atom stereocenters. The van der Waals surface area contributed by atoms with E-state index in [0.717, 1.165) is 18.4 Å². The Morgan fingerprint density at radius 2 is 1.73 bits per heavy atom. The molecule has 3 heteroatoms. The summed E-state index contributed by atoms with van der Waals surface area (Å²) in [6, 6.07) is 9.64. The Hall–Kier alpha value is -1.35. The zero-order valence-electron chi connectivity index (χ0n) is 13.8. The molecule has 0 saturated carbocycles. The van der Waals surface area contributed by atoms with Crippen LogP contribution in [-0.4, -0.2) is 17.2 Å². The zero-order chi connectivity index (χ0) is 16.0. The summed E-state index contributed by atoms with van der Waals surface area (Å²) in [5, 5.41) is 9.88. The summed E-state index contributed by atoms with van der Waals surface area (Å²) < 4.78 is 5.20. The summed E-state index contributed by atoms with van der Waals surface area (Å²) in [6.45, 7) is 2.52. The van der Waals surface area contributed by atoms with Crippen molar-refractivity contribution < 1.29 is 14.6 Å². The Bertz CT molecular complexity index is 389. The second kappa shape index (κ2) is 12.2. The molecule has 22 heavy (non-hydrogen) atoms. The molecular weight excluding hydrogens is 276 g/mol. The molecule has 0 aliphatic rings. The monoisotopic (exact) mass is 306 g/mol. The maximum atomic E-state index is 11.6. The lowest BCUT2D eigenvalue weighted by molar-refractivity contribution is -0.145. The molecule has 1 atom stereocenters. The second-order valence-corrected chi connectivity index (χ2v) is 5.90. The van der Waals surface area contributed by atoms with Crippen LogP contribution >= 0.6 is 0 Å². The maximum absolute atomic E-state index is 11.6. The highest BCUT2D eigenvalue weighted by atomic mass is 16.5. The van der Waals surface area contributed by atoms with Crippen molar-refractivity contribution >= 4 is 5.97 Å². The molecule has 0 fully saturated rings. The smallest absolute Gasteiger partial charge is 0.306 e. The van der Waals surface area contributed by atoms with Crippen LogP contribution in [0.3, 0.4) is 0 Å². The zero-order valence-corrected chi connectivity index (χ0v) is 13.8. The number of unbranched alkanes of at least 4 members (excludes halogenated alkanes) is 5. The first kappa shape index (κ1) is 18.7. The van der Waals surface area contributed by atoms with Crippen molar-refractivity contribution in [1.82, 2.24) is 0 Å². The van der Waals surface area contributed by atoms with E-state index in [2.05, 4.69) is 6.92 Å². The average Bonchev–Trinajstić information content (AvgIpc) is 2.55. The number of hydrogen-bond acceptors (Lipinski definition) is 3. The molecule has 0 bridgehead atoms. The molecule has 124 valence electrons. The van der Waals surface area contributed by atoms with Crippen molar-refractivity contribution in [2.75, 3.05) is 0 Å². The van der Waals surface area contributed by atoms with Crippen molar-refractivity contribution in [2.45, 2.75) is 77.4 Å². The largest absolute Gasteiger partial charge is 0.461 e. The number of aliphatic hydroxyl groups excluding tert-OH is 1. The van der Waals surface area contributed by atoms with Crippen LogP contribution < -0.4 is 0 Å². The van der Waals surface area contributed by atoms with Gasteiger partial charge in [0.1, 0.15) is 6.61 Å². The van der Waals surface area contributed by atoms with E-state index in [1.165, 1.54) is 32.1 Å². The number of hydrogen-bond donors (Lipinski definition) is 1. The van der Waals surface area contributed by atoms with Crippen molar-refractivity contribution in [3.05, 3.63) is 35.9 Å². The summed E-state index contributed by atoms with van der Waals surface area (Å²) in [5.74, 6) is -0.231. The molecule has 0 spiro atoms. The van der Waals surface area contributed by atoms with Gasteiger partial charge in [0.2, 0.25) is 0 Å². The first-order chi connectivity index (χ1) is 10.7. The number of aliphatic hydroxyl groups is 1. The predicted octanol–water partition coefficient (Wildman–Crippen LogP) is 4.62. The van der Waals surface area contributed by atoms with Gasteiger partial charge in [-0.25, -0.2) is 0 Å². The van der Waals surface area contributed by atoms with Crippen LogP contribution in [0, 0.1) is 0 Å². The molecule has 3 nitrogen and oxygen atoms in total. The first-order valence-corrected chi connectivity index (χ1v) is 8.60. The molecule has 0 saturated heterocycles. The standard InChI is InChI=1S/C19H30O3/c1-2-3-4-5-6-10-13-18(20)14-15-19(21)22-16-17-11-8-7-9-12-17/h7-9,11-12,18,20H,2-6,10,13-16H2,1H3/t18-/m0/s1. The number of ether oxygens (including phenoxy) is 1. The van der Waals surface area contributed by atoms with E-state index in [1.807, 2.05) is 30.3 Å². The summed E-state index contributed by atoms with van der Waals surface area (Å²) >= 11 is 0. The third-order valence-electron chi connectivity index (χ3n) is 3.82. The van der Waals surface area contributed by atoms with Crippen LogP contribution in [0.4, 0.5) is 0 Å². The van der Waals surface area contributed by atoms with Gasteiger partial charge >= 0.3 is 5.97 Å². The highest BCUT2D eigenvalue weighted by molar-refractivity contribution is 5.69. The minimum atomic E-state index is -0.379. The van der Waals surface area contributed by atoms with E-state index in [4.69, 9.17) is 4.74 Å². The Labute approximate surface area is 134 Å². The fraction of sp³-hybridized carbons (Fsp3) is 0.632. The van der Waals surface area contributed by atoms with Gasteiger partial charge in [0.15, 0.2) is 0 Å². The van der Waals surface area contributed by atoms with Gasteiger partial charge in [0.25, 0.3) is 0 Å². The molecule has 0 amide bonds. The number of benzene rings is 1. The molecule has 1 N–H and O–H groups in total. The first-order valence-electron chi connectivity index (χ1n) is 8.60. The number of rotatable bonds is 12. The van der Waals surface area contributed by atoms with Gasteiger partial charge in [-0.3, -0.25) is 4.79 Å². The van der Waals surface area contributed by atoms with E-state index in [0.29, 0.717) is 19.4 Å². The molecular formula is C19H30O3. The van der Waals surface area contributed by atoms with Crippen molar-refractivity contribution in [1.29, 1.82) is 0 Å². The van der Waals surface area contributed by atoms with Gasteiger partial charge in [-0.2, -0.15) is 0 Å². The van der Waals surface area contributed by atoms with Crippen molar-refractivity contribution in [3.8, 4) is 0 Å². The summed E-state index contributed by atoms with van der Waals surface area (Å²) in [4.78, 5) is 11.6. The highest BCUT2D eigenvalue weighted by Crippen LogP contribution is 2.12. The van der Waals surface area contributed by atoms with Crippen molar-refractivity contribution in [2.24, 2.45) is 0 Å². The second-order valence-electron chi connectivity index (χ2n) is 5.90. The Kier molecular flexibility index (Phi) is 10.4. The van der Waals surface area contributed by atoms with Gasteiger partial charge in [0, 0.05) is 6.42 Å². The summed E-state index contributed by atoms with van der Waals surface area (Å²) in [6.07, 6.45) is 8.53. The maximum Gasteiger partial charge on any atom is 0.306 e. The van der Waals surface area contributed by atoms with E-state index in [1.54, 1.807) is 0 Å². The lowest BCUT2D eigenvalue weighted by Gasteiger charge is -2.10. The molecule has 1 aromatic rings. The Morgan fingerprint density at radius 1 is 1.05 bits per heavy atom. The fourth-order valence-corrected chi connectivity index (χ4v) is 2.40. The van der Waals surface area contributed by atoms with E-state index in [-0.39, 0.29) is 12.1 Å². The third kappa shape index (κ3) is 9.56. The number of carbonyl (C=O) groups is 1. The van der Waals surface area contributed by atoms with Gasteiger partial charge < -0.3 is 9.84 Å². The van der Waals surface area contributed by atoms with Crippen LogP contribution in [0.15, 0.2) is 30.3 Å². The van der Waals surface area contributed by atoms with Crippen LogP contribution in [0.5, 0.6) is 0 Å². The third-order valence-corrected chi connectivity index (χ3v) is 3.82. The van der Waals surface area contributed by atoms with Crippen LogP contribution in [0.2, 0.25) is 0 Å². The van der Waals surface area contributed by atoms with Crippen molar-refractivity contribution in [3.63, 3.8) is 0 Å². The van der Waals surface area contributed by atoms with Crippen LogP contribution in [0.1, 0.15) is 70.3 Å². The topological polar surface area (TPSA) is 46.5 Å². The van der Waals surface area contributed by atoms with Crippen LogP contribution in [-0.2, 0) is 16.1 Å². The molecule has 0 aromatic heterocycles. The minimum absolute atomic E-state index is 0.231. The average molecular weight is 306 g/mol. The number of esters is 1. The van der Waals surface area contributed by atoms with E-state index >= 15 is 0 Å². The van der Waals surface area contributed by atoms with Crippen LogP contribution in [0.25, 0.3) is 0 Å². The molecule has 0 heterocycles.